The van der Waals surface area contributed by atoms with Gasteiger partial charge in [0.05, 0.1) is 6.61 Å². The molecule has 0 heterocycles. The summed E-state index contributed by atoms with van der Waals surface area (Å²) in [6.07, 6.45) is 4.78. The summed E-state index contributed by atoms with van der Waals surface area (Å²) in [6, 6.07) is 22.1. The standard InChI is InChI=1S/C28H30O3/c1-4-5-6-7-21-8-12-23(13-9-21)25-16-17-26(24-14-10-22(19-29)11-15-24)27(18-25)31-28(30)20(2)3/h8-18,29H,2,4-7,19H2,1,3H3. The maximum absolute atomic E-state index is 12.3. The third-order valence-corrected chi connectivity index (χ3v) is 5.34. The Bertz CT molecular complexity index is 1030. The molecule has 0 aliphatic carbocycles. The highest BCUT2D eigenvalue weighted by Crippen LogP contribution is 2.35. The Balaban J connectivity index is 1.93. The van der Waals surface area contributed by atoms with Crippen LogP contribution in [0.2, 0.25) is 0 Å². The van der Waals surface area contributed by atoms with Crippen molar-refractivity contribution in [2.75, 3.05) is 0 Å². The molecule has 0 bridgehead atoms. The average Bonchev–Trinajstić information content (AvgIpc) is 2.80. The van der Waals surface area contributed by atoms with E-state index in [1.165, 1.54) is 24.8 Å². The Kier molecular flexibility index (Phi) is 7.80. The number of carbonyl (C=O) groups is 1. The van der Waals surface area contributed by atoms with E-state index in [-0.39, 0.29) is 6.61 Å². The summed E-state index contributed by atoms with van der Waals surface area (Å²) >= 11 is 0. The molecule has 0 atom stereocenters. The second-order valence-corrected chi connectivity index (χ2v) is 7.89. The summed E-state index contributed by atoms with van der Waals surface area (Å²) in [5.41, 5.74) is 6.32. The first-order valence-electron chi connectivity index (χ1n) is 10.8. The molecule has 0 amide bonds. The number of hydrogen-bond donors (Lipinski definition) is 1. The molecule has 31 heavy (non-hydrogen) atoms. The zero-order chi connectivity index (χ0) is 22.2. The van der Waals surface area contributed by atoms with Crippen LogP contribution in [0.1, 0.15) is 44.2 Å². The zero-order valence-corrected chi connectivity index (χ0v) is 18.4. The minimum absolute atomic E-state index is 0.00877. The maximum Gasteiger partial charge on any atom is 0.338 e. The highest BCUT2D eigenvalue weighted by Gasteiger charge is 2.14. The molecule has 0 saturated carbocycles. The zero-order valence-electron chi connectivity index (χ0n) is 18.4. The van der Waals surface area contributed by atoms with Crippen molar-refractivity contribution in [2.24, 2.45) is 0 Å². The van der Waals surface area contributed by atoms with E-state index in [1.54, 1.807) is 6.92 Å². The summed E-state index contributed by atoms with van der Waals surface area (Å²) in [4.78, 5) is 12.3. The van der Waals surface area contributed by atoms with E-state index >= 15 is 0 Å². The quantitative estimate of drug-likeness (QED) is 0.183. The summed E-state index contributed by atoms with van der Waals surface area (Å²) in [6.45, 7) is 7.54. The van der Waals surface area contributed by atoms with Crippen LogP contribution >= 0.6 is 0 Å². The minimum Gasteiger partial charge on any atom is -0.423 e. The van der Waals surface area contributed by atoms with E-state index in [0.29, 0.717) is 11.3 Å². The van der Waals surface area contributed by atoms with Gasteiger partial charge in [0.25, 0.3) is 0 Å². The fraction of sp³-hybridized carbons (Fsp3) is 0.250. The summed E-state index contributed by atoms with van der Waals surface area (Å²) in [5, 5.41) is 9.30. The number of hydrogen-bond acceptors (Lipinski definition) is 3. The van der Waals surface area contributed by atoms with Crippen LogP contribution in [-0.2, 0) is 17.8 Å². The van der Waals surface area contributed by atoms with E-state index in [4.69, 9.17) is 4.74 Å². The number of rotatable bonds is 9. The molecule has 0 spiro atoms. The Morgan fingerprint density at radius 1 is 0.871 bits per heavy atom. The third kappa shape index (κ3) is 5.93. The molecule has 3 aromatic rings. The SMILES string of the molecule is C=C(C)C(=O)Oc1cc(-c2ccc(CCCCC)cc2)ccc1-c1ccc(CO)cc1. The molecule has 3 heteroatoms. The van der Waals surface area contributed by atoms with Gasteiger partial charge < -0.3 is 9.84 Å². The third-order valence-electron chi connectivity index (χ3n) is 5.34. The molecular formula is C28H30O3. The lowest BCUT2D eigenvalue weighted by atomic mass is 9.97. The van der Waals surface area contributed by atoms with Gasteiger partial charge in [-0.2, -0.15) is 0 Å². The number of carbonyl (C=O) groups excluding carboxylic acids is 1. The molecule has 160 valence electrons. The largest absolute Gasteiger partial charge is 0.423 e. The molecule has 0 radical (unpaired) electrons. The molecule has 3 aromatic carbocycles. The van der Waals surface area contributed by atoms with Crippen LogP contribution in [0.4, 0.5) is 0 Å². The van der Waals surface area contributed by atoms with Crippen molar-refractivity contribution >= 4 is 5.97 Å². The van der Waals surface area contributed by atoms with E-state index in [1.807, 2.05) is 42.5 Å². The maximum atomic E-state index is 12.3. The molecule has 0 saturated heterocycles. The predicted molar refractivity (Wildman–Crippen MR) is 127 cm³/mol. The predicted octanol–water partition coefficient (Wildman–Crippen LogP) is 6.73. The number of unbranched alkanes of at least 4 members (excludes halogenated alkanes) is 2. The number of esters is 1. The van der Waals surface area contributed by atoms with Crippen molar-refractivity contribution in [3.8, 4) is 28.0 Å². The van der Waals surface area contributed by atoms with Crippen LogP contribution in [0.3, 0.4) is 0 Å². The van der Waals surface area contributed by atoms with Gasteiger partial charge in [0.15, 0.2) is 0 Å². The average molecular weight is 415 g/mol. The van der Waals surface area contributed by atoms with Crippen LogP contribution in [0, 0.1) is 0 Å². The van der Waals surface area contributed by atoms with Crippen LogP contribution in [0.5, 0.6) is 5.75 Å². The number of ether oxygens (including phenoxy) is 1. The number of aliphatic hydroxyl groups is 1. The molecule has 3 rings (SSSR count). The van der Waals surface area contributed by atoms with Gasteiger partial charge in [-0.3, -0.25) is 0 Å². The van der Waals surface area contributed by atoms with E-state index in [0.717, 1.165) is 34.2 Å². The Morgan fingerprint density at radius 2 is 1.48 bits per heavy atom. The van der Waals surface area contributed by atoms with Gasteiger partial charge in [0.2, 0.25) is 0 Å². The molecule has 0 aromatic heterocycles. The van der Waals surface area contributed by atoms with Crippen molar-refractivity contribution in [3.05, 3.63) is 90.0 Å². The number of benzene rings is 3. The first kappa shape index (κ1) is 22.5. The van der Waals surface area contributed by atoms with Crippen LogP contribution in [0.25, 0.3) is 22.3 Å². The lowest BCUT2D eigenvalue weighted by Gasteiger charge is -2.13. The van der Waals surface area contributed by atoms with E-state index in [9.17, 15) is 9.90 Å². The van der Waals surface area contributed by atoms with Gasteiger partial charge in [0, 0.05) is 11.1 Å². The van der Waals surface area contributed by atoms with Gasteiger partial charge in [-0.25, -0.2) is 4.79 Å². The Morgan fingerprint density at radius 3 is 2.10 bits per heavy atom. The second-order valence-electron chi connectivity index (χ2n) is 7.89. The molecule has 0 aliphatic heterocycles. The smallest absolute Gasteiger partial charge is 0.338 e. The fourth-order valence-corrected chi connectivity index (χ4v) is 3.44. The molecular weight excluding hydrogens is 384 g/mol. The van der Waals surface area contributed by atoms with Gasteiger partial charge in [0.1, 0.15) is 5.75 Å². The second kappa shape index (κ2) is 10.7. The topological polar surface area (TPSA) is 46.5 Å². The van der Waals surface area contributed by atoms with Gasteiger partial charge in [-0.15, -0.1) is 0 Å². The molecule has 0 fully saturated rings. The monoisotopic (exact) mass is 414 g/mol. The first-order chi connectivity index (χ1) is 15.0. The van der Waals surface area contributed by atoms with Crippen molar-refractivity contribution < 1.29 is 14.6 Å². The van der Waals surface area contributed by atoms with E-state index in [2.05, 4.69) is 37.8 Å². The van der Waals surface area contributed by atoms with Crippen molar-refractivity contribution in [3.63, 3.8) is 0 Å². The summed E-state index contributed by atoms with van der Waals surface area (Å²) in [5.74, 6) is 0.0471. The first-order valence-corrected chi connectivity index (χ1v) is 10.8. The van der Waals surface area contributed by atoms with Crippen LogP contribution < -0.4 is 4.74 Å². The lowest BCUT2D eigenvalue weighted by molar-refractivity contribution is -0.130. The Hall–Kier alpha value is -3.17. The van der Waals surface area contributed by atoms with Gasteiger partial charge in [-0.05, 0) is 53.6 Å². The molecule has 0 aliphatic rings. The highest BCUT2D eigenvalue weighted by molar-refractivity contribution is 5.90. The molecule has 3 nitrogen and oxygen atoms in total. The van der Waals surface area contributed by atoms with Crippen molar-refractivity contribution in [2.45, 2.75) is 46.1 Å². The summed E-state index contributed by atoms with van der Waals surface area (Å²) < 4.78 is 5.68. The number of aliphatic hydroxyl groups excluding tert-OH is 1. The fourth-order valence-electron chi connectivity index (χ4n) is 3.44. The van der Waals surface area contributed by atoms with Crippen LogP contribution in [-0.4, -0.2) is 11.1 Å². The van der Waals surface area contributed by atoms with Crippen molar-refractivity contribution in [1.29, 1.82) is 0 Å². The minimum atomic E-state index is -0.448. The van der Waals surface area contributed by atoms with Gasteiger partial charge >= 0.3 is 5.97 Å². The normalized spacial score (nSPS) is 10.7. The Labute approximate surface area is 185 Å². The van der Waals surface area contributed by atoms with Gasteiger partial charge in [-0.1, -0.05) is 87.0 Å². The molecule has 0 unspecified atom stereocenters. The number of aryl methyl sites for hydroxylation is 1. The summed E-state index contributed by atoms with van der Waals surface area (Å²) in [7, 11) is 0. The van der Waals surface area contributed by atoms with Crippen LogP contribution in [0.15, 0.2) is 78.9 Å². The van der Waals surface area contributed by atoms with E-state index < -0.39 is 5.97 Å². The lowest BCUT2D eigenvalue weighted by Crippen LogP contribution is -2.09. The molecule has 1 N–H and O–H groups in total. The van der Waals surface area contributed by atoms with Crippen molar-refractivity contribution in [1.82, 2.24) is 0 Å². The highest BCUT2D eigenvalue weighted by atomic mass is 16.5.